The van der Waals surface area contributed by atoms with Crippen LogP contribution in [-0.2, 0) is 4.79 Å². The highest BCUT2D eigenvalue weighted by Crippen LogP contribution is 2.34. The van der Waals surface area contributed by atoms with Crippen molar-refractivity contribution in [3.8, 4) is 0 Å². The number of hydrazone groups is 1. The minimum Gasteiger partial charge on any atom is -0.467 e. The number of carbonyl (C=O) groups is 1. The Bertz CT molecular complexity index is 1200. The van der Waals surface area contributed by atoms with Gasteiger partial charge < -0.3 is 14.2 Å². The molecule has 7 heteroatoms. The molecule has 1 N–H and O–H groups in total. The van der Waals surface area contributed by atoms with E-state index in [2.05, 4.69) is 10.4 Å². The molecule has 1 unspecified atom stereocenters. The Morgan fingerprint density at radius 1 is 1.13 bits per heavy atom. The van der Waals surface area contributed by atoms with Gasteiger partial charge in [-0.25, -0.2) is 9.40 Å². The van der Waals surface area contributed by atoms with E-state index in [9.17, 15) is 9.18 Å². The number of anilines is 1. The summed E-state index contributed by atoms with van der Waals surface area (Å²) in [7, 11) is 0. The van der Waals surface area contributed by atoms with Crippen LogP contribution in [0.4, 0.5) is 10.1 Å². The number of hydrogen-bond donors (Lipinski definition) is 1. The number of carbonyl (C=O) groups excluding carboxylic acids is 1. The van der Waals surface area contributed by atoms with Gasteiger partial charge in [-0.3, -0.25) is 4.79 Å². The van der Waals surface area contributed by atoms with Gasteiger partial charge in [0.15, 0.2) is 5.76 Å². The minimum absolute atomic E-state index is 0.102. The van der Waals surface area contributed by atoms with Gasteiger partial charge in [0.2, 0.25) is 0 Å². The largest absolute Gasteiger partial charge is 0.467 e. The first-order chi connectivity index (χ1) is 14.7. The van der Waals surface area contributed by atoms with Crippen LogP contribution in [0.1, 0.15) is 24.0 Å². The molecule has 0 fully saturated rings. The molecular weight excluding hydrogens is 385 g/mol. The molecule has 5 rings (SSSR count). The normalized spacial score (nSPS) is 16.1. The fraction of sp³-hybridized carbons (Fsp3) is 0.130. The third-order valence-electron chi connectivity index (χ3n) is 5.05. The zero-order valence-electron chi connectivity index (χ0n) is 15.9. The molecule has 0 aliphatic carbocycles. The van der Waals surface area contributed by atoms with Gasteiger partial charge in [0, 0.05) is 11.8 Å². The van der Waals surface area contributed by atoms with Crippen LogP contribution in [-0.4, -0.2) is 23.2 Å². The zero-order chi connectivity index (χ0) is 20.5. The van der Waals surface area contributed by atoms with Crippen molar-refractivity contribution >= 4 is 28.3 Å². The monoisotopic (exact) mass is 403 g/mol. The highest BCUT2D eigenvalue weighted by Gasteiger charge is 2.35. The van der Waals surface area contributed by atoms with Gasteiger partial charge in [-0.05, 0) is 36.4 Å². The van der Waals surface area contributed by atoms with Gasteiger partial charge in [-0.2, -0.15) is 5.10 Å². The Hall–Kier alpha value is -3.87. The lowest BCUT2D eigenvalue weighted by Gasteiger charge is -2.20. The summed E-state index contributed by atoms with van der Waals surface area (Å²) in [4.78, 5) is 12.9. The van der Waals surface area contributed by atoms with Crippen LogP contribution in [0.25, 0.3) is 11.0 Å². The second-order valence-electron chi connectivity index (χ2n) is 7.00. The molecule has 0 spiro atoms. The van der Waals surface area contributed by atoms with Crippen LogP contribution >= 0.6 is 0 Å². The maximum Gasteiger partial charge on any atom is 0.262 e. The van der Waals surface area contributed by atoms with Gasteiger partial charge >= 0.3 is 0 Å². The van der Waals surface area contributed by atoms with E-state index in [4.69, 9.17) is 8.83 Å². The molecule has 0 bridgehead atoms. The average Bonchev–Trinajstić information content (AvgIpc) is 3.51. The van der Waals surface area contributed by atoms with Gasteiger partial charge in [0.1, 0.15) is 28.9 Å². The van der Waals surface area contributed by atoms with Crippen molar-refractivity contribution in [1.29, 1.82) is 0 Å². The van der Waals surface area contributed by atoms with E-state index < -0.39 is 11.9 Å². The van der Waals surface area contributed by atoms with Crippen LogP contribution in [0.2, 0.25) is 0 Å². The molecule has 0 radical (unpaired) electrons. The molecule has 1 amide bonds. The average molecular weight is 403 g/mol. The highest BCUT2D eigenvalue weighted by atomic mass is 19.1. The SMILES string of the molecule is O=C(CNc1ccccc1F)N1N=C(c2cc3ccccc3o2)CC1c1ccco1. The third kappa shape index (κ3) is 3.34. The Labute approximate surface area is 171 Å². The van der Waals surface area contributed by atoms with E-state index in [1.165, 1.54) is 11.1 Å². The summed E-state index contributed by atoms with van der Waals surface area (Å²) in [5.74, 6) is 0.528. The van der Waals surface area contributed by atoms with E-state index in [0.717, 1.165) is 11.0 Å². The first kappa shape index (κ1) is 18.2. The van der Waals surface area contributed by atoms with Crippen LogP contribution in [0, 0.1) is 5.82 Å². The molecule has 0 saturated carbocycles. The summed E-state index contributed by atoms with van der Waals surface area (Å²) in [6.45, 7) is -0.102. The molecule has 2 aromatic carbocycles. The van der Waals surface area contributed by atoms with Gasteiger partial charge in [-0.1, -0.05) is 30.3 Å². The molecule has 30 heavy (non-hydrogen) atoms. The zero-order valence-corrected chi connectivity index (χ0v) is 15.9. The van der Waals surface area contributed by atoms with Crippen LogP contribution in [0.15, 0.2) is 86.9 Å². The second kappa shape index (κ2) is 7.51. The van der Waals surface area contributed by atoms with Crippen molar-refractivity contribution in [3.05, 3.63) is 90.3 Å². The minimum atomic E-state index is -0.416. The van der Waals surface area contributed by atoms with Crippen molar-refractivity contribution < 1.29 is 18.0 Å². The summed E-state index contributed by atoms with van der Waals surface area (Å²) < 4.78 is 25.3. The Morgan fingerprint density at radius 2 is 1.97 bits per heavy atom. The number of nitrogens with one attached hydrogen (secondary N) is 1. The van der Waals surface area contributed by atoms with Gasteiger partial charge in [0.25, 0.3) is 5.91 Å². The number of halogens is 1. The molecule has 1 aliphatic rings. The number of fused-ring (bicyclic) bond motifs is 1. The van der Waals surface area contributed by atoms with E-state index in [1.54, 1.807) is 30.5 Å². The number of hydrogen-bond acceptors (Lipinski definition) is 5. The molecule has 4 aromatic rings. The number of benzene rings is 2. The fourth-order valence-electron chi connectivity index (χ4n) is 3.57. The maximum absolute atomic E-state index is 13.9. The molecule has 6 nitrogen and oxygen atoms in total. The van der Waals surface area contributed by atoms with Gasteiger partial charge in [0.05, 0.1) is 18.5 Å². The predicted molar refractivity (Wildman–Crippen MR) is 111 cm³/mol. The number of nitrogens with zero attached hydrogens (tertiary/aromatic N) is 2. The van der Waals surface area contributed by atoms with Crippen molar-refractivity contribution in [2.24, 2.45) is 5.10 Å². The van der Waals surface area contributed by atoms with Gasteiger partial charge in [-0.15, -0.1) is 0 Å². The molecule has 1 atom stereocenters. The lowest BCUT2D eigenvalue weighted by Crippen LogP contribution is -2.32. The standard InChI is InChI=1S/C23H18FN3O3/c24-16-7-2-3-8-17(16)25-14-23(28)27-19(21-10-5-11-29-21)13-18(26-27)22-12-15-6-1-4-9-20(15)30-22/h1-12,19,25H,13-14H2. The number of amides is 1. The first-order valence-corrected chi connectivity index (χ1v) is 9.59. The Kier molecular flexibility index (Phi) is 4.55. The molecule has 2 aromatic heterocycles. The summed E-state index contributed by atoms with van der Waals surface area (Å²) >= 11 is 0. The van der Waals surface area contributed by atoms with E-state index in [-0.39, 0.29) is 18.1 Å². The fourth-order valence-corrected chi connectivity index (χ4v) is 3.57. The van der Waals surface area contributed by atoms with Crippen LogP contribution in [0.3, 0.4) is 0 Å². The molecule has 0 saturated heterocycles. The van der Waals surface area contributed by atoms with Crippen molar-refractivity contribution in [1.82, 2.24) is 5.01 Å². The summed E-state index contributed by atoms with van der Waals surface area (Å²) in [5.41, 5.74) is 1.68. The van der Waals surface area contributed by atoms with Crippen LogP contribution < -0.4 is 5.32 Å². The van der Waals surface area contributed by atoms with Crippen molar-refractivity contribution in [3.63, 3.8) is 0 Å². The van der Waals surface area contributed by atoms with Crippen molar-refractivity contribution in [2.75, 3.05) is 11.9 Å². The quantitative estimate of drug-likeness (QED) is 0.512. The predicted octanol–water partition coefficient (Wildman–Crippen LogP) is 4.95. The lowest BCUT2D eigenvalue weighted by molar-refractivity contribution is -0.131. The summed E-state index contributed by atoms with van der Waals surface area (Å²) in [6, 6.07) is 19.0. The number of furan rings is 2. The molecule has 150 valence electrons. The number of rotatable bonds is 5. The Balaban J connectivity index is 1.42. The van der Waals surface area contributed by atoms with Crippen LogP contribution in [0.5, 0.6) is 0 Å². The summed E-state index contributed by atoms with van der Waals surface area (Å²) in [5, 5.41) is 9.73. The molecule has 3 heterocycles. The maximum atomic E-state index is 13.9. The molecule has 1 aliphatic heterocycles. The topological polar surface area (TPSA) is 71.0 Å². The Morgan fingerprint density at radius 3 is 2.77 bits per heavy atom. The van der Waals surface area contributed by atoms with Crippen molar-refractivity contribution in [2.45, 2.75) is 12.5 Å². The second-order valence-corrected chi connectivity index (χ2v) is 7.00. The summed E-state index contributed by atoms with van der Waals surface area (Å²) in [6.07, 6.45) is 2.02. The smallest absolute Gasteiger partial charge is 0.262 e. The lowest BCUT2D eigenvalue weighted by atomic mass is 10.1. The molecular formula is C23H18FN3O3. The van der Waals surface area contributed by atoms with E-state index >= 15 is 0 Å². The van der Waals surface area contributed by atoms with E-state index in [1.807, 2.05) is 36.4 Å². The number of para-hydroxylation sites is 2. The first-order valence-electron chi connectivity index (χ1n) is 9.59. The third-order valence-corrected chi connectivity index (χ3v) is 5.05. The van der Waals surface area contributed by atoms with E-state index in [0.29, 0.717) is 23.7 Å². The highest BCUT2D eigenvalue weighted by molar-refractivity contribution is 6.03.